The van der Waals surface area contributed by atoms with Gasteiger partial charge in [-0.25, -0.2) is 0 Å². The minimum absolute atomic E-state index is 0.169. The van der Waals surface area contributed by atoms with Crippen molar-refractivity contribution in [3.63, 3.8) is 0 Å². The SMILES string of the molecule is C=CC[NH+](CCCCCC)CCOc1ccc(C(=O)[O-])cc1. The van der Waals surface area contributed by atoms with E-state index in [4.69, 9.17) is 4.74 Å². The van der Waals surface area contributed by atoms with Crippen LogP contribution in [0.15, 0.2) is 36.9 Å². The molecule has 1 aromatic carbocycles. The summed E-state index contributed by atoms with van der Waals surface area (Å²) < 4.78 is 5.68. The van der Waals surface area contributed by atoms with Crippen LogP contribution in [0.1, 0.15) is 43.0 Å². The molecule has 0 amide bonds. The Bertz CT molecular complexity index is 442. The Morgan fingerprint density at radius 2 is 1.95 bits per heavy atom. The Morgan fingerprint density at radius 1 is 1.23 bits per heavy atom. The molecule has 0 fully saturated rings. The summed E-state index contributed by atoms with van der Waals surface area (Å²) in [5, 5.41) is 10.7. The van der Waals surface area contributed by atoms with Gasteiger partial charge in [0, 0.05) is 0 Å². The molecule has 0 aromatic heterocycles. The van der Waals surface area contributed by atoms with Gasteiger partial charge in [0.25, 0.3) is 0 Å². The monoisotopic (exact) mass is 305 g/mol. The van der Waals surface area contributed by atoms with Gasteiger partial charge in [0.05, 0.1) is 19.1 Å². The molecule has 122 valence electrons. The van der Waals surface area contributed by atoms with Gasteiger partial charge in [-0.05, 0) is 48.7 Å². The largest absolute Gasteiger partial charge is 0.545 e. The normalized spacial score (nSPS) is 11.9. The Labute approximate surface area is 133 Å². The first-order valence-corrected chi connectivity index (χ1v) is 8.06. The van der Waals surface area contributed by atoms with Crippen molar-refractivity contribution < 1.29 is 19.5 Å². The molecule has 0 aliphatic carbocycles. The third-order valence-electron chi connectivity index (χ3n) is 3.63. The summed E-state index contributed by atoms with van der Waals surface area (Å²) in [4.78, 5) is 12.1. The number of ether oxygens (including phenoxy) is 1. The number of aromatic carboxylic acids is 1. The van der Waals surface area contributed by atoms with E-state index in [0.29, 0.717) is 12.4 Å². The van der Waals surface area contributed by atoms with Gasteiger partial charge in [-0.3, -0.25) is 0 Å². The number of carboxylic acid groups (broad SMARTS) is 1. The van der Waals surface area contributed by atoms with Crippen LogP contribution in [0.25, 0.3) is 0 Å². The van der Waals surface area contributed by atoms with Gasteiger partial charge >= 0.3 is 0 Å². The number of unbranched alkanes of at least 4 members (excludes halogenated alkanes) is 3. The molecule has 0 saturated carbocycles. The first-order valence-electron chi connectivity index (χ1n) is 8.06. The van der Waals surface area contributed by atoms with E-state index in [2.05, 4.69) is 13.5 Å². The predicted molar refractivity (Wildman–Crippen MR) is 86.2 cm³/mol. The third-order valence-corrected chi connectivity index (χ3v) is 3.63. The van der Waals surface area contributed by atoms with E-state index in [1.165, 1.54) is 42.7 Å². The maximum Gasteiger partial charge on any atom is 0.137 e. The maximum atomic E-state index is 10.7. The zero-order valence-electron chi connectivity index (χ0n) is 13.5. The van der Waals surface area contributed by atoms with Crippen molar-refractivity contribution in [2.45, 2.75) is 32.6 Å². The minimum Gasteiger partial charge on any atom is -0.545 e. The third kappa shape index (κ3) is 7.27. The fourth-order valence-corrected chi connectivity index (χ4v) is 2.34. The van der Waals surface area contributed by atoms with Gasteiger partial charge in [0.15, 0.2) is 0 Å². The van der Waals surface area contributed by atoms with E-state index in [0.717, 1.165) is 19.6 Å². The van der Waals surface area contributed by atoms with E-state index in [-0.39, 0.29) is 5.56 Å². The number of carbonyl (C=O) groups excluding carboxylic acids is 1. The molecule has 0 radical (unpaired) electrons. The first-order chi connectivity index (χ1) is 10.7. The van der Waals surface area contributed by atoms with E-state index in [1.807, 2.05) is 6.08 Å². The summed E-state index contributed by atoms with van der Waals surface area (Å²) in [7, 11) is 0. The van der Waals surface area contributed by atoms with E-state index < -0.39 is 5.97 Å². The number of nitrogens with one attached hydrogen (secondary N) is 1. The average Bonchev–Trinajstić information content (AvgIpc) is 2.52. The van der Waals surface area contributed by atoms with Crippen LogP contribution in [-0.4, -0.2) is 32.2 Å². The molecule has 1 atom stereocenters. The van der Waals surface area contributed by atoms with Crippen molar-refractivity contribution in [3.05, 3.63) is 42.5 Å². The Hall–Kier alpha value is -1.81. The summed E-state index contributed by atoms with van der Waals surface area (Å²) in [5.41, 5.74) is 0.169. The zero-order chi connectivity index (χ0) is 16.2. The molecule has 0 heterocycles. The second-order valence-corrected chi connectivity index (χ2v) is 5.46. The number of carbonyl (C=O) groups is 1. The van der Waals surface area contributed by atoms with Crippen molar-refractivity contribution in [3.8, 4) is 5.75 Å². The molecule has 22 heavy (non-hydrogen) atoms. The molecule has 0 aliphatic rings. The lowest BCUT2D eigenvalue weighted by Gasteiger charge is -2.18. The van der Waals surface area contributed by atoms with Crippen molar-refractivity contribution in [2.24, 2.45) is 0 Å². The lowest BCUT2D eigenvalue weighted by Crippen LogP contribution is -3.12. The minimum atomic E-state index is -1.17. The van der Waals surface area contributed by atoms with Crippen molar-refractivity contribution >= 4 is 5.97 Å². The lowest BCUT2D eigenvalue weighted by atomic mass is 10.2. The smallest absolute Gasteiger partial charge is 0.137 e. The molecule has 1 N–H and O–H groups in total. The summed E-state index contributed by atoms with van der Waals surface area (Å²) >= 11 is 0. The Balaban J connectivity index is 2.31. The van der Waals surface area contributed by atoms with Crippen LogP contribution in [0, 0.1) is 0 Å². The standard InChI is InChI=1S/C18H27NO3/c1-3-5-6-7-13-19(12-4-2)14-15-22-17-10-8-16(9-11-17)18(20)21/h4,8-11H,2-3,5-7,12-15H2,1H3,(H,20,21). The number of rotatable bonds is 12. The highest BCUT2D eigenvalue weighted by molar-refractivity contribution is 5.85. The van der Waals surface area contributed by atoms with Crippen LogP contribution in [0.5, 0.6) is 5.75 Å². The lowest BCUT2D eigenvalue weighted by molar-refractivity contribution is -0.894. The molecular weight excluding hydrogens is 278 g/mol. The molecule has 1 aromatic rings. The van der Waals surface area contributed by atoms with Crippen LogP contribution in [0.4, 0.5) is 0 Å². The van der Waals surface area contributed by atoms with Gasteiger partial charge in [0.1, 0.15) is 18.9 Å². The second kappa shape index (κ2) is 10.9. The summed E-state index contributed by atoms with van der Waals surface area (Å²) in [6, 6.07) is 6.34. The maximum absolute atomic E-state index is 10.7. The zero-order valence-corrected chi connectivity index (χ0v) is 13.5. The number of benzene rings is 1. The summed E-state index contributed by atoms with van der Waals surface area (Å²) in [5.74, 6) is -0.478. The molecule has 1 unspecified atom stereocenters. The summed E-state index contributed by atoms with van der Waals surface area (Å²) in [6.45, 7) is 9.64. The highest BCUT2D eigenvalue weighted by Gasteiger charge is 2.06. The highest BCUT2D eigenvalue weighted by atomic mass is 16.5. The fourth-order valence-electron chi connectivity index (χ4n) is 2.34. The van der Waals surface area contributed by atoms with Gasteiger partial charge < -0.3 is 19.5 Å². The van der Waals surface area contributed by atoms with E-state index in [1.54, 1.807) is 12.1 Å². The highest BCUT2D eigenvalue weighted by Crippen LogP contribution is 2.11. The first kappa shape index (κ1) is 18.2. The van der Waals surface area contributed by atoms with Crippen molar-refractivity contribution in [2.75, 3.05) is 26.2 Å². The van der Waals surface area contributed by atoms with Crippen LogP contribution >= 0.6 is 0 Å². The van der Waals surface area contributed by atoms with Crippen LogP contribution in [0.2, 0.25) is 0 Å². The van der Waals surface area contributed by atoms with Gasteiger partial charge in [-0.2, -0.15) is 0 Å². The van der Waals surface area contributed by atoms with E-state index >= 15 is 0 Å². The molecule has 0 aliphatic heterocycles. The average molecular weight is 305 g/mol. The van der Waals surface area contributed by atoms with Crippen LogP contribution in [0.3, 0.4) is 0 Å². The van der Waals surface area contributed by atoms with E-state index in [9.17, 15) is 9.90 Å². The Morgan fingerprint density at radius 3 is 2.55 bits per heavy atom. The number of hydrogen-bond donors (Lipinski definition) is 1. The topological polar surface area (TPSA) is 53.8 Å². The van der Waals surface area contributed by atoms with Gasteiger partial charge in [-0.15, -0.1) is 0 Å². The number of carboxylic acids is 1. The van der Waals surface area contributed by atoms with Gasteiger partial charge in [-0.1, -0.05) is 26.3 Å². The Kier molecular flexibility index (Phi) is 9.00. The molecule has 1 rings (SSSR count). The van der Waals surface area contributed by atoms with Crippen LogP contribution < -0.4 is 14.7 Å². The van der Waals surface area contributed by atoms with Crippen LogP contribution in [-0.2, 0) is 0 Å². The molecule has 0 bridgehead atoms. The molecule has 0 saturated heterocycles. The summed E-state index contributed by atoms with van der Waals surface area (Å²) in [6.07, 6.45) is 7.01. The molecule has 4 heteroatoms. The van der Waals surface area contributed by atoms with Crippen molar-refractivity contribution in [1.29, 1.82) is 0 Å². The quantitative estimate of drug-likeness (QED) is 0.464. The fraction of sp³-hybridized carbons (Fsp3) is 0.500. The second-order valence-electron chi connectivity index (χ2n) is 5.46. The van der Waals surface area contributed by atoms with Crippen molar-refractivity contribution in [1.82, 2.24) is 0 Å². The number of hydrogen-bond acceptors (Lipinski definition) is 3. The molecule has 0 spiro atoms. The molecule has 4 nitrogen and oxygen atoms in total. The molecular formula is C18H27NO3. The predicted octanol–water partition coefficient (Wildman–Crippen LogP) is 1.08. The van der Waals surface area contributed by atoms with Gasteiger partial charge in [0.2, 0.25) is 0 Å². The number of quaternary nitrogens is 1.